The quantitative estimate of drug-likeness (QED) is 0.756. The Hall–Kier alpha value is -0.0800. The normalized spacial score (nSPS) is 42.6. The first-order valence-corrected chi connectivity index (χ1v) is 6.71. The maximum absolute atomic E-state index is 10.2. The first kappa shape index (κ1) is 11.4. The highest BCUT2D eigenvalue weighted by Crippen LogP contribution is 2.40. The van der Waals surface area contributed by atoms with Crippen LogP contribution in [0.15, 0.2) is 0 Å². The van der Waals surface area contributed by atoms with Gasteiger partial charge in [0, 0.05) is 12.1 Å². The van der Waals surface area contributed by atoms with E-state index < -0.39 is 0 Å². The van der Waals surface area contributed by atoms with Gasteiger partial charge in [0.05, 0.1) is 0 Å². The summed E-state index contributed by atoms with van der Waals surface area (Å²) in [5.74, 6) is 1.58. The lowest BCUT2D eigenvalue weighted by Gasteiger charge is -2.47. The molecule has 0 aromatic carbocycles. The molecule has 4 unspecified atom stereocenters. The highest BCUT2D eigenvalue weighted by molar-refractivity contribution is 4.90. The second-order valence-electron chi connectivity index (χ2n) is 5.54. The van der Waals surface area contributed by atoms with Gasteiger partial charge in [-0.3, -0.25) is 0 Å². The van der Waals surface area contributed by atoms with Crippen molar-refractivity contribution >= 4 is 0 Å². The van der Waals surface area contributed by atoms with Crippen LogP contribution in [0.1, 0.15) is 58.8 Å². The van der Waals surface area contributed by atoms with Crippen LogP contribution < -0.4 is 0 Å². The molecule has 1 saturated heterocycles. The van der Waals surface area contributed by atoms with Crippen LogP contribution in [0.3, 0.4) is 0 Å². The van der Waals surface area contributed by atoms with Crippen LogP contribution in [0.2, 0.25) is 0 Å². The fourth-order valence-electron chi connectivity index (χ4n) is 3.66. The Kier molecular flexibility index (Phi) is 3.68. The second-order valence-corrected chi connectivity index (χ2v) is 5.54. The highest BCUT2D eigenvalue weighted by Gasteiger charge is 2.40. The van der Waals surface area contributed by atoms with Gasteiger partial charge in [0.15, 0.2) is 0 Å². The third-order valence-electron chi connectivity index (χ3n) is 4.55. The van der Waals surface area contributed by atoms with Crippen LogP contribution in [-0.2, 0) is 0 Å². The van der Waals surface area contributed by atoms with Crippen molar-refractivity contribution in [2.24, 2.45) is 11.8 Å². The number of fused-ring (bicyclic) bond motifs is 1. The van der Waals surface area contributed by atoms with Crippen molar-refractivity contribution in [2.45, 2.75) is 70.9 Å². The van der Waals surface area contributed by atoms with E-state index in [1.54, 1.807) is 5.06 Å². The van der Waals surface area contributed by atoms with Crippen LogP contribution in [0.4, 0.5) is 0 Å². The molecule has 2 aliphatic rings. The van der Waals surface area contributed by atoms with E-state index in [2.05, 4.69) is 13.8 Å². The summed E-state index contributed by atoms with van der Waals surface area (Å²) in [6.45, 7) is 4.58. The van der Waals surface area contributed by atoms with Gasteiger partial charge < -0.3 is 5.21 Å². The molecule has 4 atom stereocenters. The average Bonchev–Trinajstić information content (AvgIpc) is 2.23. The van der Waals surface area contributed by atoms with Crippen molar-refractivity contribution < 1.29 is 5.21 Å². The zero-order valence-electron chi connectivity index (χ0n) is 10.2. The number of hydrogen-bond donors (Lipinski definition) is 1. The molecule has 1 N–H and O–H groups in total. The zero-order chi connectivity index (χ0) is 10.8. The average molecular weight is 211 g/mol. The minimum absolute atomic E-state index is 0.446. The number of nitrogens with zero attached hydrogens (tertiary/aromatic N) is 1. The molecule has 0 radical (unpaired) electrons. The predicted octanol–water partition coefficient (Wildman–Crippen LogP) is 3.44. The summed E-state index contributed by atoms with van der Waals surface area (Å²) in [6, 6.07) is 0.917. The van der Waals surface area contributed by atoms with Crippen molar-refractivity contribution in [1.82, 2.24) is 5.06 Å². The van der Waals surface area contributed by atoms with E-state index in [0.717, 1.165) is 18.3 Å². The Bertz CT molecular complexity index is 207. The fourth-order valence-corrected chi connectivity index (χ4v) is 3.66. The van der Waals surface area contributed by atoms with Crippen molar-refractivity contribution in [3.8, 4) is 0 Å². The van der Waals surface area contributed by atoms with E-state index >= 15 is 0 Å². The van der Waals surface area contributed by atoms with Gasteiger partial charge in [0.2, 0.25) is 0 Å². The van der Waals surface area contributed by atoms with E-state index in [-0.39, 0.29) is 0 Å². The van der Waals surface area contributed by atoms with Crippen LogP contribution in [0.25, 0.3) is 0 Å². The van der Waals surface area contributed by atoms with E-state index in [1.165, 1.54) is 38.5 Å². The maximum Gasteiger partial charge on any atom is 0.0384 e. The highest BCUT2D eigenvalue weighted by atomic mass is 16.5. The molecule has 0 amide bonds. The summed E-state index contributed by atoms with van der Waals surface area (Å²) >= 11 is 0. The Labute approximate surface area is 93.6 Å². The molecule has 1 aliphatic heterocycles. The molecular weight excluding hydrogens is 186 g/mol. The minimum Gasteiger partial charge on any atom is -0.313 e. The van der Waals surface area contributed by atoms with Crippen molar-refractivity contribution in [3.63, 3.8) is 0 Å². The van der Waals surface area contributed by atoms with E-state index in [1.807, 2.05) is 0 Å². The first-order valence-electron chi connectivity index (χ1n) is 6.71. The summed E-state index contributed by atoms with van der Waals surface area (Å²) in [4.78, 5) is 0. The lowest BCUT2D eigenvalue weighted by Crippen LogP contribution is -2.52. The number of hydroxylamine groups is 2. The second kappa shape index (κ2) is 4.84. The Morgan fingerprint density at radius 2 is 2.00 bits per heavy atom. The molecule has 2 heteroatoms. The van der Waals surface area contributed by atoms with E-state index in [9.17, 15) is 5.21 Å². The molecule has 88 valence electrons. The number of hydrogen-bond acceptors (Lipinski definition) is 2. The number of piperidine rings is 1. The Morgan fingerprint density at radius 3 is 2.73 bits per heavy atom. The van der Waals surface area contributed by atoms with Crippen LogP contribution in [0, 0.1) is 11.8 Å². The summed E-state index contributed by atoms with van der Waals surface area (Å²) in [5.41, 5.74) is 0. The summed E-state index contributed by atoms with van der Waals surface area (Å²) in [6.07, 6.45) is 8.78. The van der Waals surface area contributed by atoms with Gasteiger partial charge in [0.25, 0.3) is 0 Å². The van der Waals surface area contributed by atoms with Gasteiger partial charge in [-0.2, -0.15) is 5.06 Å². The SMILES string of the molecule is CCCC1CCC2C(C)CCCC2N1O. The third-order valence-corrected chi connectivity index (χ3v) is 4.55. The topological polar surface area (TPSA) is 23.5 Å². The molecule has 1 heterocycles. The first-order chi connectivity index (χ1) is 7.24. The molecule has 0 spiro atoms. The molecule has 2 fully saturated rings. The largest absolute Gasteiger partial charge is 0.313 e. The van der Waals surface area contributed by atoms with Gasteiger partial charge in [0.1, 0.15) is 0 Å². The van der Waals surface area contributed by atoms with Crippen LogP contribution >= 0.6 is 0 Å². The molecule has 0 aromatic rings. The molecule has 2 nitrogen and oxygen atoms in total. The molecular formula is C13H25NO. The Balaban J connectivity index is 2.01. The molecule has 2 rings (SSSR count). The summed E-state index contributed by atoms with van der Waals surface area (Å²) < 4.78 is 0. The van der Waals surface area contributed by atoms with Crippen molar-refractivity contribution in [3.05, 3.63) is 0 Å². The molecule has 1 aliphatic carbocycles. The smallest absolute Gasteiger partial charge is 0.0384 e. The molecule has 15 heavy (non-hydrogen) atoms. The van der Waals surface area contributed by atoms with Gasteiger partial charge in [-0.05, 0) is 37.5 Å². The monoisotopic (exact) mass is 211 g/mol. The molecule has 0 bridgehead atoms. The zero-order valence-corrected chi connectivity index (χ0v) is 10.2. The predicted molar refractivity (Wildman–Crippen MR) is 61.8 cm³/mol. The van der Waals surface area contributed by atoms with Crippen LogP contribution in [-0.4, -0.2) is 22.4 Å². The van der Waals surface area contributed by atoms with Crippen LogP contribution in [0.5, 0.6) is 0 Å². The maximum atomic E-state index is 10.2. The molecule has 0 aromatic heterocycles. The van der Waals surface area contributed by atoms with Crippen molar-refractivity contribution in [2.75, 3.05) is 0 Å². The van der Waals surface area contributed by atoms with Gasteiger partial charge in [-0.15, -0.1) is 0 Å². The summed E-state index contributed by atoms with van der Waals surface area (Å²) in [7, 11) is 0. The van der Waals surface area contributed by atoms with Gasteiger partial charge >= 0.3 is 0 Å². The van der Waals surface area contributed by atoms with E-state index in [4.69, 9.17) is 0 Å². The third kappa shape index (κ3) is 2.21. The van der Waals surface area contributed by atoms with Crippen molar-refractivity contribution in [1.29, 1.82) is 0 Å². The summed E-state index contributed by atoms with van der Waals surface area (Å²) in [5, 5.41) is 12.0. The van der Waals surface area contributed by atoms with Gasteiger partial charge in [-0.1, -0.05) is 33.1 Å². The fraction of sp³-hybridized carbons (Fsp3) is 1.00. The minimum atomic E-state index is 0.446. The standard InChI is InChI=1S/C13H25NO/c1-3-5-11-8-9-12-10(2)6-4-7-13(12)14(11)15/h10-13,15H,3-9H2,1-2H3. The lowest BCUT2D eigenvalue weighted by atomic mass is 9.71. The van der Waals surface area contributed by atoms with E-state index in [0.29, 0.717) is 12.1 Å². The number of rotatable bonds is 2. The lowest BCUT2D eigenvalue weighted by molar-refractivity contribution is -0.207. The van der Waals surface area contributed by atoms with Gasteiger partial charge in [-0.25, -0.2) is 0 Å². The Morgan fingerprint density at radius 1 is 1.20 bits per heavy atom. The molecule has 1 saturated carbocycles.